The van der Waals surface area contributed by atoms with Gasteiger partial charge in [-0.05, 0) is 20.3 Å². The lowest BCUT2D eigenvalue weighted by Gasteiger charge is -2.23. The third-order valence-electron chi connectivity index (χ3n) is 3.52. The average Bonchev–Trinajstić information content (AvgIpc) is 2.62. The molecular weight excluding hydrogens is 264 g/mol. The summed E-state index contributed by atoms with van der Waals surface area (Å²) in [4.78, 5) is 34.8. The van der Waals surface area contributed by atoms with Crippen LogP contribution in [0.5, 0.6) is 0 Å². The van der Waals surface area contributed by atoms with Crippen molar-refractivity contribution in [2.75, 3.05) is 13.2 Å². The topological polar surface area (TPSA) is 78.9 Å². The standard InChI is InChI=1S/C14H22O6/c1-6-13(2,3)12(17)18-7-9(15)20-10-11(16)19-8-14(10,4)5/h10H,6-8H2,1-5H3. The van der Waals surface area contributed by atoms with Crippen LogP contribution in [0.15, 0.2) is 0 Å². The lowest BCUT2D eigenvalue weighted by molar-refractivity contribution is -0.172. The van der Waals surface area contributed by atoms with Gasteiger partial charge in [-0.15, -0.1) is 0 Å². The van der Waals surface area contributed by atoms with Crippen molar-refractivity contribution in [3.05, 3.63) is 0 Å². The zero-order valence-electron chi connectivity index (χ0n) is 12.6. The van der Waals surface area contributed by atoms with Crippen LogP contribution in [0.25, 0.3) is 0 Å². The summed E-state index contributed by atoms with van der Waals surface area (Å²) in [5, 5.41) is 0. The molecule has 114 valence electrons. The van der Waals surface area contributed by atoms with E-state index in [4.69, 9.17) is 14.2 Å². The summed E-state index contributed by atoms with van der Waals surface area (Å²) in [6.07, 6.45) is -0.351. The van der Waals surface area contributed by atoms with Crippen LogP contribution < -0.4 is 0 Å². The third kappa shape index (κ3) is 3.71. The second kappa shape index (κ2) is 5.81. The minimum absolute atomic E-state index is 0.201. The average molecular weight is 286 g/mol. The molecule has 1 atom stereocenters. The molecule has 1 fully saturated rings. The third-order valence-corrected chi connectivity index (χ3v) is 3.52. The molecule has 1 unspecified atom stereocenters. The van der Waals surface area contributed by atoms with Crippen LogP contribution in [-0.4, -0.2) is 37.2 Å². The number of cyclic esters (lactones) is 1. The zero-order valence-corrected chi connectivity index (χ0v) is 12.6. The number of hydrogen-bond acceptors (Lipinski definition) is 6. The van der Waals surface area contributed by atoms with E-state index in [9.17, 15) is 14.4 Å². The van der Waals surface area contributed by atoms with E-state index in [1.807, 2.05) is 6.92 Å². The molecule has 1 rings (SSSR count). The Morgan fingerprint density at radius 2 is 2.00 bits per heavy atom. The lowest BCUT2D eigenvalue weighted by atomic mass is 9.90. The van der Waals surface area contributed by atoms with Crippen molar-refractivity contribution in [3.8, 4) is 0 Å². The molecule has 0 aromatic rings. The van der Waals surface area contributed by atoms with Gasteiger partial charge in [0.05, 0.1) is 5.41 Å². The molecule has 0 aliphatic carbocycles. The van der Waals surface area contributed by atoms with Gasteiger partial charge in [0.1, 0.15) is 6.61 Å². The van der Waals surface area contributed by atoms with E-state index in [1.165, 1.54) is 0 Å². The minimum Gasteiger partial charge on any atom is -0.462 e. The maximum Gasteiger partial charge on any atom is 0.348 e. The van der Waals surface area contributed by atoms with Crippen molar-refractivity contribution in [1.82, 2.24) is 0 Å². The molecule has 20 heavy (non-hydrogen) atoms. The van der Waals surface area contributed by atoms with Gasteiger partial charge in [0.25, 0.3) is 0 Å². The SMILES string of the molecule is CCC(C)(C)C(=O)OCC(=O)OC1C(=O)OCC1(C)C. The summed E-state index contributed by atoms with van der Waals surface area (Å²) in [5.74, 6) is -1.78. The highest BCUT2D eigenvalue weighted by molar-refractivity contribution is 5.83. The highest BCUT2D eigenvalue weighted by atomic mass is 16.6. The Balaban J connectivity index is 2.49. The normalized spacial score (nSPS) is 21.2. The molecule has 0 saturated carbocycles. The quantitative estimate of drug-likeness (QED) is 0.562. The van der Waals surface area contributed by atoms with E-state index >= 15 is 0 Å². The van der Waals surface area contributed by atoms with Crippen molar-refractivity contribution in [1.29, 1.82) is 0 Å². The van der Waals surface area contributed by atoms with Crippen LogP contribution in [-0.2, 0) is 28.6 Å². The van der Waals surface area contributed by atoms with E-state index in [2.05, 4.69) is 0 Å². The Labute approximate surface area is 118 Å². The first-order valence-corrected chi connectivity index (χ1v) is 6.63. The Kier molecular flexibility index (Phi) is 4.78. The molecule has 6 heteroatoms. The fourth-order valence-electron chi connectivity index (χ4n) is 1.56. The number of carbonyl (C=O) groups excluding carboxylic acids is 3. The van der Waals surface area contributed by atoms with Gasteiger partial charge in [-0.3, -0.25) is 4.79 Å². The molecule has 0 bridgehead atoms. The second-order valence-corrected chi connectivity index (χ2v) is 6.28. The summed E-state index contributed by atoms with van der Waals surface area (Å²) in [7, 11) is 0. The maximum absolute atomic E-state index is 11.7. The van der Waals surface area contributed by atoms with Crippen molar-refractivity contribution >= 4 is 17.9 Å². The number of rotatable bonds is 5. The predicted octanol–water partition coefficient (Wildman–Crippen LogP) is 1.46. The van der Waals surface area contributed by atoms with Crippen LogP contribution in [0.4, 0.5) is 0 Å². The first-order valence-electron chi connectivity index (χ1n) is 6.63. The first kappa shape index (κ1) is 16.5. The molecule has 1 heterocycles. The molecule has 1 aliphatic heterocycles. The Morgan fingerprint density at radius 3 is 2.45 bits per heavy atom. The summed E-state index contributed by atoms with van der Waals surface area (Å²) in [6.45, 7) is 8.56. The summed E-state index contributed by atoms with van der Waals surface area (Å²) in [6, 6.07) is 0. The van der Waals surface area contributed by atoms with Crippen molar-refractivity contribution in [3.63, 3.8) is 0 Å². The molecule has 0 N–H and O–H groups in total. The zero-order chi connectivity index (χ0) is 15.6. The fourth-order valence-corrected chi connectivity index (χ4v) is 1.56. The van der Waals surface area contributed by atoms with Crippen LogP contribution in [0.1, 0.15) is 41.0 Å². The molecule has 0 amide bonds. The second-order valence-electron chi connectivity index (χ2n) is 6.28. The summed E-state index contributed by atoms with van der Waals surface area (Å²) in [5.41, 5.74) is -1.22. The van der Waals surface area contributed by atoms with Crippen LogP contribution >= 0.6 is 0 Å². The van der Waals surface area contributed by atoms with Gasteiger partial charge in [-0.2, -0.15) is 0 Å². The van der Waals surface area contributed by atoms with Crippen molar-refractivity contribution in [2.24, 2.45) is 10.8 Å². The maximum atomic E-state index is 11.7. The van der Waals surface area contributed by atoms with E-state index in [0.29, 0.717) is 6.42 Å². The van der Waals surface area contributed by atoms with Gasteiger partial charge in [0, 0.05) is 5.41 Å². The van der Waals surface area contributed by atoms with E-state index in [-0.39, 0.29) is 6.61 Å². The molecule has 0 aromatic heterocycles. The molecule has 6 nitrogen and oxygen atoms in total. The molecule has 1 saturated heterocycles. The van der Waals surface area contributed by atoms with Crippen LogP contribution in [0, 0.1) is 10.8 Å². The van der Waals surface area contributed by atoms with Gasteiger partial charge in [0.15, 0.2) is 6.61 Å². The Hall–Kier alpha value is -1.59. The van der Waals surface area contributed by atoms with E-state index < -0.39 is 41.4 Å². The lowest BCUT2D eigenvalue weighted by Crippen LogP contribution is -2.37. The van der Waals surface area contributed by atoms with Gasteiger partial charge in [0.2, 0.25) is 6.10 Å². The highest BCUT2D eigenvalue weighted by Gasteiger charge is 2.46. The number of hydrogen-bond donors (Lipinski definition) is 0. The monoisotopic (exact) mass is 286 g/mol. The van der Waals surface area contributed by atoms with E-state index in [0.717, 1.165) is 0 Å². The van der Waals surface area contributed by atoms with Crippen LogP contribution in [0.3, 0.4) is 0 Å². The van der Waals surface area contributed by atoms with Gasteiger partial charge >= 0.3 is 17.9 Å². The number of esters is 3. The summed E-state index contributed by atoms with van der Waals surface area (Å²) < 4.78 is 14.8. The van der Waals surface area contributed by atoms with Gasteiger partial charge < -0.3 is 14.2 Å². The van der Waals surface area contributed by atoms with Gasteiger partial charge in [-0.25, -0.2) is 9.59 Å². The molecule has 0 aromatic carbocycles. The molecule has 0 spiro atoms. The van der Waals surface area contributed by atoms with Gasteiger partial charge in [-0.1, -0.05) is 20.8 Å². The smallest absolute Gasteiger partial charge is 0.348 e. The highest BCUT2D eigenvalue weighted by Crippen LogP contribution is 2.31. The Bertz CT molecular complexity index is 410. The molecular formula is C14H22O6. The first-order chi connectivity index (χ1) is 9.10. The summed E-state index contributed by atoms with van der Waals surface area (Å²) >= 11 is 0. The number of ether oxygens (including phenoxy) is 3. The Morgan fingerprint density at radius 1 is 1.40 bits per heavy atom. The van der Waals surface area contributed by atoms with Crippen LogP contribution in [0.2, 0.25) is 0 Å². The molecule has 0 radical (unpaired) electrons. The predicted molar refractivity (Wildman–Crippen MR) is 69.7 cm³/mol. The largest absolute Gasteiger partial charge is 0.462 e. The van der Waals surface area contributed by atoms with Crippen molar-refractivity contribution in [2.45, 2.75) is 47.1 Å². The number of carbonyl (C=O) groups is 3. The molecule has 1 aliphatic rings. The fraction of sp³-hybridized carbons (Fsp3) is 0.786. The minimum atomic E-state index is -0.951. The van der Waals surface area contributed by atoms with Crippen molar-refractivity contribution < 1.29 is 28.6 Å². The van der Waals surface area contributed by atoms with E-state index in [1.54, 1.807) is 27.7 Å².